The molecule has 4 heterocycles. The fourth-order valence-electron chi connectivity index (χ4n) is 4.40. The van der Waals surface area contributed by atoms with Crippen LogP contribution in [-0.2, 0) is 9.53 Å². The normalized spacial score (nSPS) is 17.4. The van der Waals surface area contributed by atoms with E-state index in [4.69, 9.17) is 20.8 Å². The van der Waals surface area contributed by atoms with Gasteiger partial charge >= 0.3 is 0 Å². The van der Waals surface area contributed by atoms with E-state index in [9.17, 15) is 9.59 Å². The molecule has 33 heavy (non-hydrogen) atoms. The Balaban J connectivity index is 1.32. The van der Waals surface area contributed by atoms with Gasteiger partial charge in [0.2, 0.25) is 5.91 Å². The Labute approximate surface area is 196 Å². The van der Waals surface area contributed by atoms with Gasteiger partial charge in [0, 0.05) is 43.2 Å². The van der Waals surface area contributed by atoms with Crippen molar-refractivity contribution in [2.24, 2.45) is 5.92 Å². The number of carbonyl (C=O) groups is 2. The average Bonchev–Trinajstić information content (AvgIpc) is 3.55. The number of carbonyl (C=O) groups excluding carboxylic acids is 2. The third-order valence-electron chi connectivity index (χ3n) is 6.23. The zero-order chi connectivity index (χ0) is 22.8. The van der Waals surface area contributed by atoms with Crippen molar-refractivity contribution in [3.8, 4) is 17.1 Å². The van der Waals surface area contributed by atoms with E-state index in [0.29, 0.717) is 74.4 Å². The number of rotatable bonds is 4. The number of ether oxygens (including phenoxy) is 1. The van der Waals surface area contributed by atoms with E-state index in [2.05, 4.69) is 5.10 Å². The molecule has 2 saturated heterocycles. The molecule has 2 aromatic heterocycles. The second-order valence-corrected chi connectivity index (χ2v) is 8.72. The summed E-state index contributed by atoms with van der Waals surface area (Å²) in [5.41, 5.74) is 1.80. The Bertz CT molecular complexity index is 1110. The van der Waals surface area contributed by atoms with Crippen molar-refractivity contribution < 1.29 is 18.7 Å². The Morgan fingerprint density at radius 1 is 0.970 bits per heavy atom. The summed E-state index contributed by atoms with van der Waals surface area (Å²) in [7, 11) is 0. The zero-order valence-electron chi connectivity index (χ0n) is 18.2. The summed E-state index contributed by atoms with van der Waals surface area (Å²) in [6.45, 7) is 3.55. The minimum absolute atomic E-state index is 0.0440. The predicted octanol–water partition coefficient (Wildman–Crippen LogP) is 3.50. The first-order valence-corrected chi connectivity index (χ1v) is 11.5. The highest BCUT2D eigenvalue weighted by Crippen LogP contribution is 2.27. The second-order valence-electron chi connectivity index (χ2n) is 8.28. The molecule has 0 N–H and O–H groups in total. The minimum atomic E-state index is -0.146. The molecule has 0 saturated carbocycles. The molecule has 2 aliphatic heterocycles. The van der Waals surface area contributed by atoms with Gasteiger partial charge in [-0.15, -0.1) is 0 Å². The van der Waals surface area contributed by atoms with Crippen molar-refractivity contribution in [2.45, 2.75) is 12.8 Å². The Hall–Kier alpha value is -3.10. The van der Waals surface area contributed by atoms with Gasteiger partial charge in [0.15, 0.2) is 11.5 Å². The second kappa shape index (κ2) is 9.41. The number of nitrogens with zero attached hydrogens (tertiary/aromatic N) is 4. The van der Waals surface area contributed by atoms with Crippen LogP contribution < -0.4 is 0 Å². The number of morpholine rings is 1. The van der Waals surface area contributed by atoms with Gasteiger partial charge < -0.3 is 19.0 Å². The number of piperidine rings is 1. The van der Waals surface area contributed by atoms with Gasteiger partial charge in [0.05, 0.1) is 25.2 Å². The summed E-state index contributed by atoms with van der Waals surface area (Å²) in [4.78, 5) is 29.7. The molecule has 2 fully saturated rings. The van der Waals surface area contributed by atoms with Crippen LogP contribution in [0.15, 0.2) is 53.1 Å². The molecule has 3 aromatic rings. The highest BCUT2D eigenvalue weighted by atomic mass is 35.5. The Morgan fingerprint density at radius 3 is 2.36 bits per heavy atom. The predicted molar refractivity (Wildman–Crippen MR) is 122 cm³/mol. The number of hydrogen-bond donors (Lipinski definition) is 0. The standard InChI is InChI=1S/C24H25ClN4O4/c25-18-3-5-19(6-4-18)29-21(22-2-1-13-33-22)16-20(26-29)24(31)27-9-7-17(8-10-27)23(30)28-11-14-32-15-12-28/h1-6,13,16-17H,7-12,14-15H2. The Kier molecular flexibility index (Phi) is 6.20. The van der Waals surface area contributed by atoms with Crippen LogP contribution in [0, 0.1) is 5.92 Å². The van der Waals surface area contributed by atoms with Crippen LogP contribution in [0.3, 0.4) is 0 Å². The van der Waals surface area contributed by atoms with Gasteiger partial charge in [-0.25, -0.2) is 4.68 Å². The largest absolute Gasteiger partial charge is 0.463 e. The lowest BCUT2D eigenvalue weighted by Crippen LogP contribution is -2.47. The van der Waals surface area contributed by atoms with Gasteiger partial charge in [-0.3, -0.25) is 9.59 Å². The molecule has 8 nitrogen and oxygen atoms in total. The van der Waals surface area contributed by atoms with Crippen molar-refractivity contribution in [1.82, 2.24) is 19.6 Å². The molecule has 9 heteroatoms. The molecule has 2 aliphatic rings. The van der Waals surface area contributed by atoms with Crippen molar-refractivity contribution >= 4 is 23.4 Å². The number of hydrogen-bond acceptors (Lipinski definition) is 5. The van der Waals surface area contributed by atoms with E-state index < -0.39 is 0 Å². The average molecular weight is 469 g/mol. The molecule has 0 unspecified atom stereocenters. The zero-order valence-corrected chi connectivity index (χ0v) is 18.9. The maximum atomic E-state index is 13.3. The van der Waals surface area contributed by atoms with E-state index in [1.54, 1.807) is 40.1 Å². The third kappa shape index (κ3) is 4.54. The fraction of sp³-hybridized carbons (Fsp3) is 0.375. The molecule has 0 radical (unpaired) electrons. The van der Waals surface area contributed by atoms with Crippen molar-refractivity contribution in [3.63, 3.8) is 0 Å². The van der Waals surface area contributed by atoms with Crippen LogP contribution in [0.4, 0.5) is 0 Å². The van der Waals surface area contributed by atoms with Crippen LogP contribution in [0.5, 0.6) is 0 Å². The molecule has 5 rings (SSSR count). The maximum Gasteiger partial charge on any atom is 0.274 e. The van der Waals surface area contributed by atoms with E-state index >= 15 is 0 Å². The van der Waals surface area contributed by atoms with Gasteiger partial charge in [0.25, 0.3) is 5.91 Å². The lowest BCUT2D eigenvalue weighted by molar-refractivity contribution is -0.141. The number of benzene rings is 1. The lowest BCUT2D eigenvalue weighted by atomic mass is 9.95. The molecule has 0 spiro atoms. The van der Waals surface area contributed by atoms with E-state index in [1.807, 2.05) is 23.1 Å². The highest BCUT2D eigenvalue weighted by molar-refractivity contribution is 6.30. The lowest BCUT2D eigenvalue weighted by Gasteiger charge is -2.35. The maximum absolute atomic E-state index is 13.3. The molecule has 2 amide bonds. The highest BCUT2D eigenvalue weighted by Gasteiger charge is 2.32. The summed E-state index contributed by atoms with van der Waals surface area (Å²) >= 11 is 6.04. The SMILES string of the molecule is O=C(c1cc(-c2ccco2)n(-c2ccc(Cl)cc2)n1)N1CCC(C(=O)N2CCOCC2)CC1. The first kappa shape index (κ1) is 21.7. The van der Waals surface area contributed by atoms with Crippen molar-refractivity contribution in [3.05, 3.63) is 59.4 Å². The summed E-state index contributed by atoms with van der Waals surface area (Å²) in [6.07, 6.45) is 2.90. The summed E-state index contributed by atoms with van der Waals surface area (Å²) in [5.74, 6) is 0.606. The fourth-order valence-corrected chi connectivity index (χ4v) is 4.52. The summed E-state index contributed by atoms with van der Waals surface area (Å²) in [6, 6.07) is 12.6. The van der Waals surface area contributed by atoms with Crippen molar-refractivity contribution in [1.29, 1.82) is 0 Å². The number of amides is 2. The van der Waals surface area contributed by atoms with E-state index in [1.165, 1.54) is 0 Å². The quantitative estimate of drug-likeness (QED) is 0.585. The minimum Gasteiger partial charge on any atom is -0.463 e. The smallest absolute Gasteiger partial charge is 0.274 e. The van der Waals surface area contributed by atoms with Crippen LogP contribution in [-0.4, -0.2) is 70.8 Å². The van der Waals surface area contributed by atoms with Gasteiger partial charge in [0.1, 0.15) is 5.69 Å². The molecule has 0 atom stereocenters. The molecule has 172 valence electrons. The van der Waals surface area contributed by atoms with E-state index in [0.717, 1.165) is 5.69 Å². The van der Waals surface area contributed by atoms with E-state index in [-0.39, 0.29) is 17.7 Å². The van der Waals surface area contributed by atoms with Gasteiger partial charge in [-0.1, -0.05) is 11.6 Å². The molecule has 1 aromatic carbocycles. The first-order valence-electron chi connectivity index (χ1n) is 11.2. The molecule has 0 aliphatic carbocycles. The van der Waals surface area contributed by atoms with Crippen LogP contribution in [0.25, 0.3) is 17.1 Å². The number of likely N-dealkylation sites (tertiary alicyclic amines) is 1. The summed E-state index contributed by atoms with van der Waals surface area (Å²) < 4.78 is 12.6. The first-order chi connectivity index (χ1) is 16.1. The summed E-state index contributed by atoms with van der Waals surface area (Å²) in [5, 5.41) is 5.22. The van der Waals surface area contributed by atoms with Crippen LogP contribution in [0.2, 0.25) is 5.02 Å². The Morgan fingerprint density at radius 2 is 1.70 bits per heavy atom. The van der Waals surface area contributed by atoms with Crippen molar-refractivity contribution in [2.75, 3.05) is 39.4 Å². The van der Waals surface area contributed by atoms with Gasteiger partial charge in [-0.05, 0) is 49.2 Å². The molecular weight excluding hydrogens is 444 g/mol. The number of furan rings is 1. The molecule has 0 bridgehead atoms. The monoisotopic (exact) mass is 468 g/mol. The van der Waals surface area contributed by atoms with Crippen LogP contribution >= 0.6 is 11.6 Å². The van der Waals surface area contributed by atoms with Crippen LogP contribution in [0.1, 0.15) is 23.3 Å². The van der Waals surface area contributed by atoms with Gasteiger partial charge in [-0.2, -0.15) is 5.10 Å². The number of aromatic nitrogens is 2. The molecular formula is C24H25ClN4O4. The number of halogens is 1. The topological polar surface area (TPSA) is 80.8 Å². The third-order valence-corrected chi connectivity index (χ3v) is 6.48.